The van der Waals surface area contributed by atoms with E-state index in [4.69, 9.17) is 4.74 Å². The predicted molar refractivity (Wildman–Crippen MR) is 47.9 cm³/mol. The van der Waals surface area contributed by atoms with Gasteiger partial charge in [-0.25, -0.2) is 0 Å². The van der Waals surface area contributed by atoms with Crippen LogP contribution in [0.5, 0.6) is 0 Å². The molecule has 0 amide bonds. The van der Waals surface area contributed by atoms with Crippen LogP contribution < -0.4 is 0 Å². The van der Waals surface area contributed by atoms with E-state index in [1.165, 1.54) is 0 Å². The minimum Gasteiger partial charge on any atom is -0.785 e. The molecule has 0 N–H and O–H groups in total. The fourth-order valence-electron chi connectivity index (χ4n) is 1.24. The van der Waals surface area contributed by atoms with Gasteiger partial charge in [0.15, 0.2) is 0 Å². The smallest absolute Gasteiger partial charge is 0.0594 e. The van der Waals surface area contributed by atoms with Gasteiger partial charge in [0.05, 0.1) is 13.2 Å². The number of hydrogen-bond donors (Lipinski definition) is 0. The van der Waals surface area contributed by atoms with E-state index in [9.17, 15) is 5.21 Å². The maximum atomic E-state index is 10.9. The average Bonchev–Trinajstić information content (AvgIpc) is 2.16. The molecule has 1 fully saturated rings. The fourth-order valence-corrected chi connectivity index (χ4v) is 1.24. The summed E-state index contributed by atoms with van der Waals surface area (Å²) in [7, 11) is 0. The fraction of sp³-hybridized carbons (Fsp3) is 1.00. The zero-order valence-corrected chi connectivity index (χ0v) is 7.66. The maximum Gasteiger partial charge on any atom is 0.0594 e. The molecule has 0 spiro atoms. The second kappa shape index (κ2) is 5.48. The summed E-state index contributed by atoms with van der Waals surface area (Å²) in [5.74, 6) is 0. The minimum atomic E-state index is 0.588. The van der Waals surface area contributed by atoms with Crippen molar-refractivity contribution < 1.29 is 4.74 Å². The molecule has 0 aromatic rings. The second-order valence-corrected chi connectivity index (χ2v) is 2.98. The molecule has 0 aromatic heterocycles. The van der Waals surface area contributed by atoms with Crippen LogP contribution in [0.1, 0.15) is 6.92 Å². The quantitative estimate of drug-likeness (QED) is 0.567. The molecule has 0 aliphatic carbocycles. The van der Waals surface area contributed by atoms with Gasteiger partial charge in [-0.15, -0.1) is 0 Å². The summed E-state index contributed by atoms with van der Waals surface area (Å²) < 4.78 is 5.20. The normalized spacial score (nSPS) is 20.2. The van der Waals surface area contributed by atoms with Gasteiger partial charge < -0.3 is 15.0 Å². The van der Waals surface area contributed by atoms with E-state index in [2.05, 4.69) is 4.90 Å². The third-order valence-corrected chi connectivity index (χ3v) is 2.12. The van der Waals surface area contributed by atoms with Crippen LogP contribution in [-0.2, 0) is 4.74 Å². The first-order valence-corrected chi connectivity index (χ1v) is 4.55. The number of ether oxygens (including phenoxy) is 1. The van der Waals surface area contributed by atoms with Crippen molar-refractivity contribution in [1.82, 2.24) is 9.96 Å². The molecule has 72 valence electrons. The zero-order valence-electron chi connectivity index (χ0n) is 7.66. The Morgan fingerprint density at radius 1 is 1.42 bits per heavy atom. The predicted octanol–water partition coefficient (Wildman–Crippen LogP) is 0.138. The van der Waals surface area contributed by atoms with Crippen LogP contribution in [0, 0.1) is 5.21 Å². The molecule has 0 aromatic carbocycles. The third-order valence-electron chi connectivity index (χ3n) is 2.12. The highest BCUT2D eigenvalue weighted by atomic mass is 16.5. The lowest BCUT2D eigenvalue weighted by atomic mass is 10.4. The molecule has 0 radical (unpaired) electrons. The first-order valence-electron chi connectivity index (χ1n) is 4.55. The Bertz CT molecular complexity index is 116. The molecule has 1 rings (SSSR count). The monoisotopic (exact) mass is 173 g/mol. The van der Waals surface area contributed by atoms with E-state index in [-0.39, 0.29) is 0 Å². The molecule has 1 saturated heterocycles. The molecule has 1 aliphatic heterocycles. The molecule has 4 nitrogen and oxygen atoms in total. The molecule has 0 unspecified atom stereocenters. The molecular formula is C8H17N2O2-. The average molecular weight is 173 g/mol. The Balaban J connectivity index is 2.05. The van der Waals surface area contributed by atoms with Gasteiger partial charge in [0.2, 0.25) is 0 Å². The number of hydrogen-bond acceptors (Lipinski definition) is 4. The summed E-state index contributed by atoms with van der Waals surface area (Å²) in [5, 5.41) is 12.0. The molecule has 4 heteroatoms. The van der Waals surface area contributed by atoms with Gasteiger partial charge in [-0.05, 0) is 13.1 Å². The van der Waals surface area contributed by atoms with E-state index >= 15 is 0 Å². The summed E-state index contributed by atoms with van der Waals surface area (Å²) in [6.07, 6.45) is 0. The van der Waals surface area contributed by atoms with E-state index < -0.39 is 0 Å². The SMILES string of the molecule is CCN([O-])CCN1CCOCC1. The van der Waals surface area contributed by atoms with Gasteiger partial charge in [-0.2, -0.15) is 0 Å². The Labute approximate surface area is 73.7 Å². The van der Waals surface area contributed by atoms with E-state index in [0.29, 0.717) is 13.1 Å². The number of rotatable bonds is 4. The van der Waals surface area contributed by atoms with Crippen LogP contribution in [0.3, 0.4) is 0 Å². The highest BCUT2D eigenvalue weighted by molar-refractivity contribution is 4.64. The Morgan fingerprint density at radius 2 is 2.08 bits per heavy atom. The van der Waals surface area contributed by atoms with Crippen molar-refractivity contribution in [3.05, 3.63) is 5.21 Å². The zero-order chi connectivity index (χ0) is 8.81. The van der Waals surface area contributed by atoms with Crippen molar-refractivity contribution in [3.63, 3.8) is 0 Å². The molecule has 0 bridgehead atoms. The highest BCUT2D eigenvalue weighted by Crippen LogP contribution is 1.96. The largest absolute Gasteiger partial charge is 0.785 e. The van der Waals surface area contributed by atoms with Crippen molar-refractivity contribution in [1.29, 1.82) is 0 Å². The van der Waals surface area contributed by atoms with Gasteiger partial charge in [-0.1, -0.05) is 6.92 Å². The van der Waals surface area contributed by atoms with Crippen molar-refractivity contribution >= 4 is 0 Å². The van der Waals surface area contributed by atoms with Crippen LogP contribution in [0.2, 0.25) is 0 Å². The topological polar surface area (TPSA) is 38.8 Å². The Kier molecular flexibility index (Phi) is 4.53. The summed E-state index contributed by atoms with van der Waals surface area (Å²) in [6, 6.07) is 0. The van der Waals surface area contributed by atoms with Crippen molar-refractivity contribution in [2.45, 2.75) is 6.92 Å². The molecule has 0 saturated carbocycles. The Hall–Kier alpha value is -0.160. The van der Waals surface area contributed by atoms with Gasteiger partial charge in [0.1, 0.15) is 0 Å². The molecular weight excluding hydrogens is 156 g/mol. The van der Waals surface area contributed by atoms with Crippen molar-refractivity contribution in [2.75, 3.05) is 45.9 Å². The van der Waals surface area contributed by atoms with Crippen LogP contribution in [0.15, 0.2) is 0 Å². The highest BCUT2D eigenvalue weighted by Gasteiger charge is 2.08. The number of hydroxylamine groups is 2. The number of nitrogens with zero attached hydrogens (tertiary/aromatic N) is 2. The van der Waals surface area contributed by atoms with Crippen LogP contribution in [0.4, 0.5) is 0 Å². The number of likely N-dealkylation sites (N-methyl/N-ethyl adjacent to an activating group) is 1. The minimum absolute atomic E-state index is 0.588. The van der Waals surface area contributed by atoms with Gasteiger partial charge in [0.25, 0.3) is 0 Å². The van der Waals surface area contributed by atoms with E-state index in [0.717, 1.165) is 37.9 Å². The lowest BCUT2D eigenvalue weighted by Crippen LogP contribution is -2.40. The summed E-state index contributed by atoms with van der Waals surface area (Å²) >= 11 is 0. The van der Waals surface area contributed by atoms with Gasteiger partial charge in [0, 0.05) is 19.6 Å². The molecule has 1 heterocycles. The van der Waals surface area contributed by atoms with Crippen LogP contribution in [-0.4, -0.2) is 55.9 Å². The lowest BCUT2D eigenvalue weighted by Gasteiger charge is -2.32. The molecule has 0 atom stereocenters. The van der Waals surface area contributed by atoms with E-state index in [1.807, 2.05) is 6.92 Å². The van der Waals surface area contributed by atoms with Gasteiger partial charge in [-0.3, -0.25) is 4.90 Å². The van der Waals surface area contributed by atoms with Crippen molar-refractivity contribution in [2.24, 2.45) is 0 Å². The first kappa shape index (κ1) is 9.92. The Morgan fingerprint density at radius 3 is 2.67 bits per heavy atom. The van der Waals surface area contributed by atoms with Crippen molar-refractivity contribution in [3.8, 4) is 0 Å². The summed E-state index contributed by atoms with van der Waals surface area (Å²) in [6.45, 7) is 7.53. The third kappa shape index (κ3) is 3.49. The second-order valence-electron chi connectivity index (χ2n) is 2.98. The van der Waals surface area contributed by atoms with Crippen LogP contribution in [0.25, 0.3) is 0 Å². The van der Waals surface area contributed by atoms with Crippen LogP contribution >= 0.6 is 0 Å². The molecule has 12 heavy (non-hydrogen) atoms. The first-order chi connectivity index (χ1) is 5.83. The lowest BCUT2D eigenvalue weighted by molar-refractivity contribution is 0.0354. The maximum absolute atomic E-state index is 10.9. The number of morpholine rings is 1. The molecule has 1 aliphatic rings. The summed E-state index contributed by atoms with van der Waals surface area (Å²) in [4.78, 5) is 2.27. The van der Waals surface area contributed by atoms with E-state index in [1.54, 1.807) is 0 Å². The summed E-state index contributed by atoms with van der Waals surface area (Å²) in [5.41, 5.74) is 0. The standard InChI is InChI=1S/C8H17N2O2/c1-2-10(11)4-3-9-5-7-12-8-6-9/h2-8H2,1H3/q-1. The van der Waals surface area contributed by atoms with Gasteiger partial charge >= 0.3 is 0 Å².